The van der Waals surface area contributed by atoms with Gasteiger partial charge in [0.05, 0.1) is 23.8 Å². The summed E-state index contributed by atoms with van der Waals surface area (Å²) in [5.74, 6) is 9.63. The second-order valence-electron chi connectivity index (χ2n) is 16.8. The van der Waals surface area contributed by atoms with Crippen molar-refractivity contribution in [2.75, 3.05) is 6.54 Å². The first-order chi connectivity index (χ1) is 28.0. The number of aliphatic hydroxyl groups excluding tert-OH is 3. The third-order valence-electron chi connectivity index (χ3n) is 12.8. The van der Waals surface area contributed by atoms with Crippen LogP contribution in [0.5, 0.6) is 17.2 Å². The van der Waals surface area contributed by atoms with E-state index in [2.05, 4.69) is 37.0 Å². The standard InChI is InChI=1S/C47H58N4O7/c1-3-5-6-10-35(42(56)24-33(52)9-4-2)40(54)15-12-29-23-44-43(25-41(29)55)57-20-19-47(17-7-8-18-47)37-14-16-39(53)34-13-11-30(45(48)49)21-31(34)22-32-26-50-38-28-51(27-36(32)38)46(37)58-44/h11,13,21,23,25-26,28,33,35,37,39,42,45-46,52-53,55-56H,3-10,12,15,17-18,22,24,27,48-49H2,1-2H3/p+1/t33-,35-,37+,39+,42-,46-/m1/s1. The summed E-state index contributed by atoms with van der Waals surface area (Å²) in [6.07, 6.45) is 12.1. The van der Waals surface area contributed by atoms with Crippen molar-refractivity contribution in [2.45, 2.75) is 134 Å². The van der Waals surface area contributed by atoms with Crippen molar-refractivity contribution in [3.05, 3.63) is 75.6 Å². The molecule has 0 saturated heterocycles. The number of carbonyl (C=O) groups is 1. The molecule has 1 aliphatic carbocycles. The number of nitrogens with two attached hydrogens (primary N) is 2. The maximum absolute atomic E-state index is 13.8. The van der Waals surface area contributed by atoms with Crippen molar-refractivity contribution >= 4 is 12.0 Å². The van der Waals surface area contributed by atoms with E-state index >= 15 is 0 Å². The Morgan fingerprint density at radius 3 is 2.62 bits per heavy atom. The first-order valence-corrected chi connectivity index (χ1v) is 21.3. The molecule has 2 bridgehead atoms. The predicted octanol–water partition coefficient (Wildman–Crippen LogP) is 4.57. The molecule has 308 valence electrons. The van der Waals surface area contributed by atoms with E-state index in [-0.39, 0.29) is 36.5 Å². The van der Waals surface area contributed by atoms with E-state index in [1.165, 1.54) is 6.07 Å². The lowest BCUT2D eigenvalue weighted by Crippen LogP contribution is -3.12. The van der Waals surface area contributed by atoms with E-state index in [0.29, 0.717) is 42.7 Å². The molecular formula is C47H59N4O7+. The van der Waals surface area contributed by atoms with Crippen LogP contribution in [0.4, 0.5) is 0 Å². The Hall–Kier alpha value is -4.46. The average molecular weight is 792 g/mol. The maximum Gasteiger partial charge on any atom is 0.252 e. The summed E-state index contributed by atoms with van der Waals surface area (Å²) in [5.41, 5.74) is 17.4. The molecule has 1 spiro atoms. The summed E-state index contributed by atoms with van der Waals surface area (Å²) < 4.78 is 13.2. The highest BCUT2D eigenvalue weighted by molar-refractivity contribution is 5.87. The first kappa shape index (κ1) is 41.7. The lowest BCUT2D eigenvalue weighted by Gasteiger charge is -2.36. The molecule has 9 N–H and O–H groups in total. The molecular weight excluding hydrogens is 733 g/mol. The van der Waals surface area contributed by atoms with Gasteiger partial charge in [-0.1, -0.05) is 88.3 Å². The number of ether oxygens (including phenoxy) is 2. The normalized spacial score (nSPS) is 24.1. The van der Waals surface area contributed by atoms with Crippen LogP contribution < -0.4 is 25.8 Å². The monoisotopic (exact) mass is 791 g/mol. The molecule has 7 rings (SSSR count). The molecule has 2 aromatic rings. The Bertz CT molecular complexity index is 2080. The van der Waals surface area contributed by atoms with Gasteiger partial charge >= 0.3 is 0 Å². The van der Waals surface area contributed by atoms with Gasteiger partial charge in [-0.25, -0.2) is 0 Å². The minimum absolute atomic E-state index is 0.0434. The van der Waals surface area contributed by atoms with Crippen LogP contribution in [0.15, 0.2) is 58.4 Å². The van der Waals surface area contributed by atoms with Gasteiger partial charge in [-0.05, 0) is 78.8 Å². The lowest BCUT2D eigenvalue weighted by atomic mass is 9.73. The molecule has 0 aromatic heterocycles. The number of allylic oxidation sites excluding steroid dienone is 1. The van der Waals surface area contributed by atoms with Gasteiger partial charge in [-0.3, -0.25) is 14.7 Å². The van der Waals surface area contributed by atoms with E-state index in [9.17, 15) is 25.2 Å². The van der Waals surface area contributed by atoms with Gasteiger partial charge in [0.2, 0.25) is 0 Å². The summed E-state index contributed by atoms with van der Waals surface area (Å²) in [6, 6.07) is 8.89. The minimum atomic E-state index is -1.10. The van der Waals surface area contributed by atoms with Crippen LogP contribution >= 0.6 is 0 Å². The number of hydrogen-bond donors (Lipinski definition) is 7. The molecule has 7 atom stereocenters. The van der Waals surface area contributed by atoms with Gasteiger partial charge in [0.1, 0.15) is 48.1 Å². The molecule has 0 radical (unpaired) electrons. The molecule has 11 heteroatoms. The number of aliphatic imine (C=N–C) groups is 1. The van der Waals surface area contributed by atoms with Crippen molar-refractivity contribution in [1.29, 1.82) is 0 Å². The first-order valence-electron chi connectivity index (χ1n) is 21.3. The number of phenols is 1. The van der Waals surface area contributed by atoms with E-state index < -0.39 is 48.0 Å². The third kappa shape index (κ3) is 8.91. The fourth-order valence-electron chi connectivity index (χ4n) is 9.45. The van der Waals surface area contributed by atoms with Gasteiger partial charge < -0.3 is 41.4 Å². The number of nitrogens with zero attached hydrogens (tertiary/aromatic N) is 1. The summed E-state index contributed by atoms with van der Waals surface area (Å²) in [5, 5.41) is 44.6. The second kappa shape index (κ2) is 18.2. The van der Waals surface area contributed by atoms with E-state index in [1.807, 2.05) is 31.3 Å². The van der Waals surface area contributed by atoms with Crippen molar-refractivity contribution in [1.82, 2.24) is 0 Å². The van der Waals surface area contributed by atoms with E-state index in [0.717, 1.165) is 84.2 Å². The number of carbonyl (C=O) groups excluding carboxylic acids is 1. The number of rotatable bonds is 14. The summed E-state index contributed by atoms with van der Waals surface area (Å²) >= 11 is 0. The summed E-state index contributed by atoms with van der Waals surface area (Å²) in [7, 11) is 0. The van der Waals surface area contributed by atoms with Crippen LogP contribution in [0.2, 0.25) is 0 Å². The van der Waals surface area contributed by atoms with Gasteiger partial charge in [0.15, 0.2) is 11.5 Å². The lowest BCUT2D eigenvalue weighted by molar-refractivity contribution is -0.891. The van der Waals surface area contributed by atoms with Crippen LogP contribution in [0.1, 0.15) is 125 Å². The summed E-state index contributed by atoms with van der Waals surface area (Å²) in [4.78, 5) is 19.6. The van der Waals surface area contributed by atoms with E-state index in [1.54, 1.807) is 6.07 Å². The molecule has 11 nitrogen and oxygen atoms in total. The number of quaternary nitrogens is 1. The SMILES string of the molecule is CCCCC[C@H](C(=O)CCc1cc2c(cc1O)OC#CC1(CCCC1)[C@H]1C#C[C@H](O)c3ccc(C(N)N)cc3CC3=C4C[NH+](C=C4N=C3)[C@@H]1O2)[C@H](O)C[C@H](O)CCC. The molecule has 0 amide bonds. The summed E-state index contributed by atoms with van der Waals surface area (Å²) in [6.45, 7) is 4.67. The number of fused-ring (bicyclic) bond motifs is 6. The second-order valence-corrected chi connectivity index (χ2v) is 16.8. The van der Waals surface area contributed by atoms with E-state index in [4.69, 9.17) is 25.9 Å². The highest BCUT2D eigenvalue weighted by Gasteiger charge is 2.51. The Morgan fingerprint density at radius 2 is 1.86 bits per heavy atom. The molecule has 1 fully saturated rings. The Balaban J connectivity index is 1.23. The number of Topliss-reactive ketones (excluding diaryl/α,β-unsaturated/α-hetero) is 1. The van der Waals surface area contributed by atoms with Crippen LogP contribution in [-0.4, -0.2) is 57.4 Å². The number of hydrogen-bond acceptors (Lipinski definition) is 10. The van der Waals surface area contributed by atoms with Crippen LogP contribution in [0.3, 0.4) is 0 Å². The number of aryl methyl sites for hydroxylation is 1. The van der Waals surface area contributed by atoms with Gasteiger partial charge in [-0.2, -0.15) is 0 Å². The fraction of sp³-hybridized carbons (Fsp3) is 0.532. The Kier molecular flexibility index (Phi) is 13.1. The third-order valence-corrected chi connectivity index (χ3v) is 12.8. The smallest absolute Gasteiger partial charge is 0.252 e. The number of aromatic hydroxyl groups is 1. The molecule has 58 heavy (non-hydrogen) atoms. The zero-order valence-electron chi connectivity index (χ0n) is 33.8. The topological polar surface area (TPSA) is 185 Å². The van der Waals surface area contributed by atoms with Gasteiger partial charge in [0.25, 0.3) is 6.23 Å². The highest BCUT2D eigenvalue weighted by atomic mass is 16.5. The molecule has 4 heterocycles. The number of benzene rings is 2. The minimum Gasteiger partial charge on any atom is -0.508 e. The number of nitrogens with one attached hydrogen (secondary N) is 1. The number of unbranched alkanes of at least 4 members (excludes halogenated alkanes) is 2. The number of ketones is 1. The quantitative estimate of drug-likeness (QED) is 0.0819. The van der Waals surface area contributed by atoms with Crippen LogP contribution in [0, 0.1) is 41.1 Å². The van der Waals surface area contributed by atoms with Gasteiger partial charge in [-0.15, -0.1) is 0 Å². The highest BCUT2D eigenvalue weighted by Crippen LogP contribution is 2.47. The predicted molar refractivity (Wildman–Crippen MR) is 221 cm³/mol. The Morgan fingerprint density at radius 1 is 1.05 bits per heavy atom. The number of aliphatic hydroxyl groups is 3. The van der Waals surface area contributed by atoms with Crippen molar-refractivity contribution in [2.24, 2.45) is 33.7 Å². The number of phenolic OH excluding ortho intramolecular Hbond substituents is 1. The Labute approximate surface area is 342 Å². The van der Waals surface area contributed by atoms with Crippen molar-refractivity contribution < 1.29 is 39.6 Å². The molecule has 4 aliphatic heterocycles. The van der Waals surface area contributed by atoms with Crippen molar-refractivity contribution in [3.63, 3.8) is 0 Å². The molecule has 2 aromatic carbocycles. The van der Waals surface area contributed by atoms with Crippen LogP contribution in [0.25, 0.3) is 0 Å². The maximum atomic E-state index is 13.8. The van der Waals surface area contributed by atoms with Crippen molar-refractivity contribution in [3.8, 4) is 41.1 Å². The molecule has 5 aliphatic rings. The molecule has 1 unspecified atom stereocenters. The fourth-order valence-corrected chi connectivity index (χ4v) is 9.45. The van der Waals surface area contributed by atoms with Gasteiger partial charge in [0, 0.05) is 30.2 Å². The molecule has 1 saturated carbocycles. The zero-order chi connectivity index (χ0) is 41.0. The van der Waals surface area contributed by atoms with Crippen LogP contribution in [-0.2, 0) is 17.6 Å². The largest absolute Gasteiger partial charge is 0.508 e. The zero-order valence-corrected chi connectivity index (χ0v) is 33.8. The average Bonchev–Trinajstić information content (AvgIpc) is 3.94.